The molecule has 1 N–H and O–H groups in total. The van der Waals surface area contributed by atoms with Gasteiger partial charge in [0, 0.05) is 32.3 Å². The Balaban J connectivity index is 2.64. The lowest BCUT2D eigenvalue weighted by Crippen LogP contribution is -2.25. The quantitative estimate of drug-likeness (QED) is 0.942. The van der Waals surface area contributed by atoms with Crippen LogP contribution in [0.15, 0.2) is 23.0 Å². The molecule has 0 aliphatic carbocycles. The maximum atomic E-state index is 13.4. The Kier molecular flexibility index (Phi) is 4.64. The number of nitrogens with zero attached hydrogens (tertiary/aromatic N) is 1. The molecule has 0 aliphatic heterocycles. The topological polar surface area (TPSA) is 36.1 Å². The summed E-state index contributed by atoms with van der Waals surface area (Å²) in [5, 5.41) is 0. The van der Waals surface area contributed by atoms with Gasteiger partial charge in [-0.2, -0.15) is 0 Å². The average Bonchev–Trinajstić information content (AvgIpc) is 2.36. The van der Waals surface area contributed by atoms with Crippen molar-refractivity contribution in [3.05, 3.63) is 62.6 Å². The Bertz CT molecular complexity index is 731. The fraction of sp³-hybridized carbons (Fsp3) is 0.353. The van der Waals surface area contributed by atoms with Gasteiger partial charge in [0.25, 0.3) is 5.56 Å². The molecule has 2 aromatic rings. The maximum absolute atomic E-state index is 13.4. The number of H-pyrrole nitrogens is 1. The number of aryl methyl sites for hydroxylation is 1. The van der Waals surface area contributed by atoms with Crippen molar-refractivity contribution in [3.8, 4) is 0 Å². The van der Waals surface area contributed by atoms with Crippen molar-refractivity contribution < 1.29 is 8.78 Å². The Morgan fingerprint density at radius 2 is 1.68 bits per heavy atom. The van der Waals surface area contributed by atoms with E-state index in [9.17, 15) is 13.6 Å². The van der Waals surface area contributed by atoms with Crippen molar-refractivity contribution in [1.29, 1.82) is 0 Å². The van der Waals surface area contributed by atoms with Gasteiger partial charge in [0.2, 0.25) is 0 Å². The summed E-state index contributed by atoms with van der Waals surface area (Å²) < 4.78 is 26.8. The molecule has 0 bridgehead atoms. The van der Waals surface area contributed by atoms with Crippen LogP contribution in [0.25, 0.3) is 0 Å². The first-order valence-electron chi connectivity index (χ1n) is 7.20. The third-order valence-electron chi connectivity index (χ3n) is 3.72. The van der Waals surface area contributed by atoms with Gasteiger partial charge >= 0.3 is 0 Å². The van der Waals surface area contributed by atoms with Gasteiger partial charge < -0.3 is 9.88 Å². The van der Waals surface area contributed by atoms with Gasteiger partial charge in [0.05, 0.1) is 0 Å². The number of hydrogen-bond donors (Lipinski definition) is 1. The highest BCUT2D eigenvalue weighted by Gasteiger charge is 2.17. The maximum Gasteiger partial charge on any atom is 0.271 e. The van der Waals surface area contributed by atoms with Crippen LogP contribution in [0.3, 0.4) is 0 Å². The Morgan fingerprint density at radius 3 is 2.18 bits per heavy atom. The summed E-state index contributed by atoms with van der Waals surface area (Å²) in [6.07, 6.45) is 1.05. The standard InChI is InChI=1S/C17H20F2N2O/c1-5-14-10(2)20-17(22)16(21(3)4)15(14)8-11-6-12(18)9-13(19)7-11/h6-7,9H,5,8H2,1-4H3,(H,20,22). The smallest absolute Gasteiger partial charge is 0.271 e. The summed E-state index contributed by atoms with van der Waals surface area (Å²) >= 11 is 0. The molecule has 0 atom stereocenters. The predicted molar refractivity (Wildman–Crippen MR) is 84.7 cm³/mol. The van der Waals surface area contributed by atoms with Gasteiger partial charge in [-0.1, -0.05) is 6.92 Å². The van der Waals surface area contributed by atoms with E-state index in [4.69, 9.17) is 0 Å². The summed E-state index contributed by atoms with van der Waals surface area (Å²) in [6.45, 7) is 3.84. The monoisotopic (exact) mass is 306 g/mol. The highest BCUT2D eigenvalue weighted by Crippen LogP contribution is 2.25. The van der Waals surface area contributed by atoms with Gasteiger partial charge in [-0.3, -0.25) is 4.79 Å². The Labute approximate surface area is 128 Å². The number of halogens is 2. The zero-order valence-corrected chi connectivity index (χ0v) is 13.3. The molecule has 0 unspecified atom stereocenters. The lowest BCUT2D eigenvalue weighted by Gasteiger charge is -2.21. The Morgan fingerprint density at radius 1 is 1.09 bits per heavy atom. The van der Waals surface area contributed by atoms with E-state index in [0.717, 1.165) is 29.3 Å². The molecule has 0 saturated carbocycles. The number of benzene rings is 1. The second kappa shape index (κ2) is 6.30. The van der Waals surface area contributed by atoms with Crippen LogP contribution in [0, 0.1) is 18.6 Å². The van der Waals surface area contributed by atoms with Crippen LogP contribution in [0.2, 0.25) is 0 Å². The van der Waals surface area contributed by atoms with Crippen LogP contribution < -0.4 is 10.5 Å². The fourth-order valence-corrected chi connectivity index (χ4v) is 2.87. The van der Waals surface area contributed by atoms with E-state index in [1.54, 1.807) is 19.0 Å². The SMILES string of the molecule is CCc1c(C)[nH]c(=O)c(N(C)C)c1Cc1cc(F)cc(F)c1. The zero-order chi connectivity index (χ0) is 16.4. The molecule has 0 amide bonds. The van der Waals surface area contributed by atoms with E-state index in [-0.39, 0.29) is 5.56 Å². The van der Waals surface area contributed by atoms with Crippen molar-refractivity contribution >= 4 is 5.69 Å². The van der Waals surface area contributed by atoms with Gasteiger partial charge in [-0.05, 0) is 42.2 Å². The third kappa shape index (κ3) is 3.18. The minimum Gasteiger partial charge on any atom is -0.373 e. The lowest BCUT2D eigenvalue weighted by molar-refractivity contribution is 0.580. The molecule has 22 heavy (non-hydrogen) atoms. The second-order valence-corrected chi connectivity index (χ2v) is 5.59. The lowest BCUT2D eigenvalue weighted by atomic mass is 9.95. The second-order valence-electron chi connectivity index (χ2n) is 5.59. The molecule has 5 heteroatoms. The van der Waals surface area contributed by atoms with E-state index < -0.39 is 11.6 Å². The van der Waals surface area contributed by atoms with E-state index in [1.807, 2.05) is 13.8 Å². The molecule has 2 rings (SSSR count). The first kappa shape index (κ1) is 16.2. The molecule has 1 aromatic carbocycles. The molecule has 3 nitrogen and oxygen atoms in total. The van der Waals surface area contributed by atoms with Crippen LogP contribution in [0.1, 0.15) is 29.3 Å². The van der Waals surface area contributed by atoms with E-state index in [2.05, 4.69) is 4.98 Å². The molecule has 1 aromatic heterocycles. The van der Waals surface area contributed by atoms with Crippen molar-refractivity contribution in [1.82, 2.24) is 4.98 Å². The van der Waals surface area contributed by atoms with E-state index in [0.29, 0.717) is 17.7 Å². The van der Waals surface area contributed by atoms with Crippen LogP contribution in [0.4, 0.5) is 14.5 Å². The Hall–Kier alpha value is -2.17. The summed E-state index contributed by atoms with van der Waals surface area (Å²) in [5.41, 5.74) is 3.48. The predicted octanol–water partition coefficient (Wildman–Crippen LogP) is 3.18. The summed E-state index contributed by atoms with van der Waals surface area (Å²) in [5.74, 6) is -1.22. The largest absolute Gasteiger partial charge is 0.373 e. The molecule has 0 spiro atoms. The number of pyridine rings is 1. The van der Waals surface area contributed by atoms with Crippen molar-refractivity contribution in [2.75, 3.05) is 19.0 Å². The van der Waals surface area contributed by atoms with Crippen molar-refractivity contribution in [2.45, 2.75) is 26.7 Å². The molecule has 0 fully saturated rings. The minimum absolute atomic E-state index is 0.188. The van der Waals surface area contributed by atoms with Crippen LogP contribution in [-0.2, 0) is 12.8 Å². The van der Waals surface area contributed by atoms with Crippen LogP contribution in [-0.4, -0.2) is 19.1 Å². The van der Waals surface area contributed by atoms with Gasteiger partial charge in [0.1, 0.15) is 17.3 Å². The number of nitrogens with one attached hydrogen (secondary N) is 1. The summed E-state index contributed by atoms with van der Waals surface area (Å²) in [4.78, 5) is 16.8. The molecule has 118 valence electrons. The normalized spacial score (nSPS) is 10.8. The van der Waals surface area contributed by atoms with Gasteiger partial charge in [-0.25, -0.2) is 8.78 Å². The number of aromatic amines is 1. The van der Waals surface area contributed by atoms with Gasteiger partial charge in [-0.15, -0.1) is 0 Å². The first-order valence-corrected chi connectivity index (χ1v) is 7.20. The summed E-state index contributed by atoms with van der Waals surface area (Å²) in [7, 11) is 3.57. The molecule has 0 saturated heterocycles. The van der Waals surface area contributed by atoms with Crippen LogP contribution >= 0.6 is 0 Å². The average molecular weight is 306 g/mol. The molecule has 0 radical (unpaired) electrons. The third-order valence-corrected chi connectivity index (χ3v) is 3.72. The van der Waals surface area contributed by atoms with Gasteiger partial charge in [0.15, 0.2) is 0 Å². The molecular formula is C17H20F2N2O. The number of anilines is 1. The highest BCUT2D eigenvalue weighted by atomic mass is 19.1. The van der Waals surface area contributed by atoms with E-state index in [1.165, 1.54) is 12.1 Å². The molecular weight excluding hydrogens is 286 g/mol. The molecule has 1 heterocycles. The number of aromatic nitrogens is 1. The first-order chi connectivity index (χ1) is 10.3. The van der Waals surface area contributed by atoms with Crippen molar-refractivity contribution in [2.24, 2.45) is 0 Å². The van der Waals surface area contributed by atoms with Crippen LogP contribution in [0.5, 0.6) is 0 Å². The fourth-order valence-electron chi connectivity index (χ4n) is 2.87. The number of hydrogen-bond acceptors (Lipinski definition) is 2. The zero-order valence-electron chi connectivity index (χ0n) is 13.3. The number of rotatable bonds is 4. The summed E-state index contributed by atoms with van der Waals surface area (Å²) in [6, 6.07) is 3.46. The van der Waals surface area contributed by atoms with Crippen molar-refractivity contribution in [3.63, 3.8) is 0 Å². The minimum atomic E-state index is -0.610. The highest BCUT2D eigenvalue weighted by molar-refractivity contribution is 5.57. The molecule has 0 aliphatic rings. The van der Waals surface area contributed by atoms with E-state index >= 15 is 0 Å².